The van der Waals surface area contributed by atoms with Gasteiger partial charge in [0.1, 0.15) is 5.57 Å². The topological polar surface area (TPSA) is 67.9 Å². The molecule has 0 aromatic heterocycles. The number of rotatable bonds is 4. The maximum absolute atomic E-state index is 13.2. The maximum Gasteiger partial charge on any atom is 0.270 e. The number of nitrogens with zero attached hydrogens (tertiary/aromatic N) is 1. The molecule has 0 radical (unpaired) electrons. The highest BCUT2D eigenvalue weighted by Crippen LogP contribution is 2.35. The van der Waals surface area contributed by atoms with Crippen molar-refractivity contribution in [3.8, 4) is 11.5 Å². The summed E-state index contributed by atoms with van der Waals surface area (Å²) in [6.45, 7) is 3.84. The summed E-state index contributed by atoms with van der Waals surface area (Å²) in [5, 5.41) is 2.91. The molecular weight excluding hydrogens is 412 g/mol. The van der Waals surface area contributed by atoms with E-state index in [1.165, 1.54) is 25.2 Å². The molecule has 6 nitrogen and oxygen atoms in total. The number of aryl methyl sites for hydroxylation is 2. The molecular formula is C21H19ClN2O4S. The third kappa shape index (κ3) is 3.97. The molecule has 1 aliphatic rings. The monoisotopic (exact) mass is 430 g/mol. The minimum absolute atomic E-state index is 0.0301. The second-order valence-corrected chi connectivity index (χ2v) is 7.27. The van der Waals surface area contributed by atoms with Gasteiger partial charge in [0.2, 0.25) is 0 Å². The predicted octanol–water partition coefficient (Wildman–Crippen LogP) is 3.81. The van der Waals surface area contributed by atoms with E-state index in [1.807, 2.05) is 26.0 Å². The van der Waals surface area contributed by atoms with E-state index in [2.05, 4.69) is 5.32 Å². The minimum Gasteiger partial charge on any atom is -0.493 e. The number of carbonyl (C=O) groups is 2. The van der Waals surface area contributed by atoms with Gasteiger partial charge < -0.3 is 9.47 Å². The normalized spacial score (nSPS) is 15.6. The van der Waals surface area contributed by atoms with Crippen LogP contribution in [0.3, 0.4) is 0 Å². The standard InChI is InChI=1S/C21H19ClN2O4S/c1-11-5-6-16(12(2)7-11)24-20(26)14(19(25)23-21(24)29)8-13-9-17(27-3)18(28-4)10-15(13)22/h5-10H,1-4H3,(H,23,25,29)/b14-8+. The second-order valence-electron chi connectivity index (χ2n) is 6.48. The molecule has 1 heterocycles. The molecule has 0 bridgehead atoms. The molecule has 29 heavy (non-hydrogen) atoms. The average molecular weight is 431 g/mol. The molecule has 0 unspecified atom stereocenters. The van der Waals surface area contributed by atoms with Crippen LogP contribution in [0.4, 0.5) is 5.69 Å². The van der Waals surface area contributed by atoms with E-state index >= 15 is 0 Å². The van der Waals surface area contributed by atoms with Gasteiger partial charge in [0.05, 0.1) is 24.9 Å². The highest BCUT2D eigenvalue weighted by molar-refractivity contribution is 7.80. The van der Waals surface area contributed by atoms with E-state index in [4.69, 9.17) is 33.3 Å². The third-order valence-corrected chi connectivity index (χ3v) is 5.11. The number of thiocarbonyl (C=S) groups is 1. The Balaban J connectivity index is 2.08. The quantitative estimate of drug-likeness (QED) is 0.454. The zero-order valence-electron chi connectivity index (χ0n) is 16.3. The Morgan fingerprint density at radius 1 is 1.07 bits per heavy atom. The molecule has 3 rings (SSSR count). The van der Waals surface area contributed by atoms with E-state index < -0.39 is 11.8 Å². The van der Waals surface area contributed by atoms with Gasteiger partial charge in [-0.3, -0.25) is 19.8 Å². The Morgan fingerprint density at radius 3 is 2.34 bits per heavy atom. The van der Waals surface area contributed by atoms with Crippen LogP contribution in [0.5, 0.6) is 11.5 Å². The average Bonchev–Trinajstić information content (AvgIpc) is 2.67. The fourth-order valence-electron chi connectivity index (χ4n) is 3.07. The van der Waals surface area contributed by atoms with E-state index in [1.54, 1.807) is 18.2 Å². The van der Waals surface area contributed by atoms with Crippen molar-refractivity contribution in [1.82, 2.24) is 5.32 Å². The van der Waals surface area contributed by atoms with Crippen molar-refractivity contribution >= 4 is 52.5 Å². The fourth-order valence-corrected chi connectivity index (χ4v) is 3.55. The van der Waals surface area contributed by atoms with Crippen LogP contribution in [0.2, 0.25) is 5.02 Å². The molecule has 2 aromatic rings. The van der Waals surface area contributed by atoms with Crippen molar-refractivity contribution in [2.24, 2.45) is 0 Å². The maximum atomic E-state index is 13.2. The summed E-state index contributed by atoms with van der Waals surface area (Å²) >= 11 is 11.6. The summed E-state index contributed by atoms with van der Waals surface area (Å²) in [6.07, 6.45) is 1.42. The molecule has 1 N–H and O–H groups in total. The van der Waals surface area contributed by atoms with Crippen LogP contribution in [0.1, 0.15) is 16.7 Å². The Labute approximate surface area is 179 Å². The van der Waals surface area contributed by atoms with E-state index in [9.17, 15) is 9.59 Å². The minimum atomic E-state index is -0.591. The van der Waals surface area contributed by atoms with Crippen LogP contribution in [0.15, 0.2) is 35.9 Å². The SMILES string of the molecule is COc1cc(Cl)c(/C=C2\C(=O)NC(=S)N(c3ccc(C)cc3C)C2=O)cc1OC. The van der Waals surface area contributed by atoms with Crippen LogP contribution in [0.25, 0.3) is 6.08 Å². The van der Waals surface area contributed by atoms with Gasteiger partial charge in [0, 0.05) is 6.07 Å². The van der Waals surface area contributed by atoms with Crippen molar-refractivity contribution in [1.29, 1.82) is 0 Å². The van der Waals surface area contributed by atoms with Gasteiger partial charge in [0.25, 0.3) is 11.8 Å². The molecule has 2 aromatic carbocycles. The van der Waals surface area contributed by atoms with Gasteiger partial charge in [0.15, 0.2) is 16.6 Å². The van der Waals surface area contributed by atoms with Crippen molar-refractivity contribution in [2.45, 2.75) is 13.8 Å². The lowest BCUT2D eigenvalue weighted by molar-refractivity contribution is -0.122. The highest BCUT2D eigenvalue weighted by Gasteiger charge is 2.35. The molecule has 1 saturated heterocycles. The van der Waals surface area contributed by atoms with Crippen LogP contribution >= 0.6 is 23.8 Å². The number of hydrogen-bond acceptors (Lipinski definition) is 5. The lowest BCUT2D eigenvalue weighted by Gasteiger charge is -2.30. The molecule has 1 aliphatic heterocycles. The molecule has 0 atom stereocenters. The number of halogens is 1. The highest BCUT2D eigenvalue weighted by atomic mass is 35.5. The van der Waals surface area contributed by atoms with Gasteiger partial charge >= 0.3 is 0 Å². The first-order valence-electron chi connectivity index (χ1n) is 8.67. The van der Waals surface area contributed by atoms with Crippen molar-refractivity contribution in [3.63, 3.8) is 0 Å². The molecule has 0 aliphatic carbocycles. The Kier molecular flexibility index (Phi) is 5.91. The van der Waals surface area contributed by atoms with Crippen molar-refractivity contribution in [2.75, 3.05) is 19.1 Å². The number of hydrogen-bond donors (Lipinski definition) is 1. The summed E-state index contributed by atoms with van der Waals surface area (Å²) in [4.78, 5) is 27.0. The van der Waals surface area contributed by atoms with Crippen LogP contribution < -0.4 is 19.7 Å². The first kappa shape index (κ1) is 20.8. The van der Waals surface area contributed by atoms with Crippen LogP contribution in [0, 0.1) is 13.8 Å². The molecule has 150 valence electrons. The first-order valence-corrected chi connectivity index (χ1v) is 9.45. The summed E-state index contributed by atoms with van der Waals surface area (Å²) in [5.74, 6) is -0.255. The lowest BCUT2D eigenvalue weighted by atomic mass is 10.0. The molecule has 2 amide bonds. The van der Waals surface area contributed by atoms with E-state index in [0.717, 1.165) is 11.1 Å². The Bertz CT molecular complexity index is 1060. The van der Waals surface area contributed by atoms with Gasteiger partial charge in [-0.1, -0.05) is 29.3 Å². The van der Waals surface area contributed by atoms with Gasteiger partial charge in [-0.2, -0.15) is 0 Å². The summed E-state index contributed by atoms with van der Waals surface area (Å²) in [6, 6.07) is 8.78. The van der Waals surface area contributed by atoms with E-state index in [0.29, 0.717) is 27.8 Å². The summed E-state index contributed by atoms with van der Waals surface area (Å²) < 4.78 is 10.5. The summed E-state index contributed by atoms with van der Waals surface area (Å²) in [7, 11) is 2.98. The molecule has 0 saturated carbocycles. The number of carbonyl (C=O) groups excluding carboxylic acids is 2. The largest absolute Gasteiger partial charge is 0.493 e. The lowest BCUT2D eigenvalue weighted by Crippen LogP contribution is -2.54. The first-order chi connectivity index (χ1) is 13.8. The fraction of sp³-hybridized carbons (Fsp3) is 0.190. The van der Waals surface area contributed by atoms with Crippen molar-refractivity contribution in [3.05, 3.63) is 57.6 Å². The number of amides is 2. The number of ether oxygens (including phenoxy) is 2. The zero-order chi connectivity index (χ0) is 21.3. The van der Waals surface area contributed by atoms with Crippen LogP contribution in [-0.2, 0) is 9.59 Å². The second kappa shape index (κ2) is 8.23. The predicted molar refractivity (Wildman–Crippen MR) is 117 cm³/mol. The summed E-state index contributed by atoms with van der Waals surface area (Å²) in [5.41, 5.74) is 2.87. The Morgan fingerprint density at radius 2 is 1.72 bits per heavy atom. The molecule has 8 heteroatoms. The van der Waals surface area contributed by atoms with Gasteiger partial charge in [-0.15, -0.1) is 0 Å². The van der Waals surface area contributed by atoms with E-state index in [-0.39, 0.29) is 10.7 Å². The Hall–Kier alpha value is -2.90. The molecule has 1 fully saturated rings. The number of anilines is 1. The zero-order valence-corrected chi connectivity index (χ0v) is 17.9. The smallest absolute Gasteiger partial charge is 0.270 e. The van der Waals surface area contributed by atoms with Crippen molar-refractivity contribution < 1.29 is 19.1 Å². The van der Waals surface area contributed by atoms with Gasteiger partial charge in [-0.05, 0) is 55.4 Å². The number of benzene rings is 2. The van der Waals surface area contributed by atoms with Crippen LogP contribution in [-0.4, -0.2) is 31.1 Å². The third-order valence-electron chi connectivity index (χ3n) is 4.50. The number of methoxy groups -OCH3 is 2. The van der Waals surface area contributed by atoms with Gasteiger partial charge in [-0.25, -0.2) is 0 Å². The number of nitrogens with one attached hydrogen (secondary N) is 1. The molecule has 0 spiro atoms.